The van der Waals surface area contributed by atoms with E-state index in [9.17, 15) is 19.5 Å². The van der Waals surface area contributed by atoms with Crippen LogP contribution in [0.5, 0.6) is 0 Å². The smallest absolute Gasteiger partial charge is 0.342 e. The Labute approximate surface area is 173 Å². The quantitative estimate of drug-likeness (QED) is 0.730. The minimum absolute atomic E-state index is 0.295. The molecule has 0 bridgehead atoms. The molecule has 1 heterocycles. The van der Waals surface area contributed by atoms with Gasteiger partial charge in [-0.2, -0.15) is 0 Å². The average Bonchev–Trinajstić information content (AvgIpc) is 3.11. The molecule has 1 aromatic heterocycles. The molecule has 0 saturated heterocycles. The van der Waals surface area contributed by atoms with E-state index in [1.807, 2.05) is 30.3 Å². The number of thiophene rings is 1. The first-order chi connectivity index (χ1) is 13.9. The molecule has 7 heteroatoms. The van der Waals surface area contributed by atoms with Gasteiger partial charge in [0.25, 0.3) is 0 Å². The summed E-state index contributed by atoms with van der Waals surface area (Å²) in [5, 5.41) is 16.4. The maximum atomic E-state index is 12.9. The normalized spacial score (nSPS) is 19.0. The van der Waals surface area contributed by atoms with Crippen molar-refractivity contribution in [1.29, 1.82) is 0 Å². The van der Waals surface area contributed by atoms with Gasteiger partial charge in [0.1, 0.15) is 10.6 Å². The Balaban J connectivity index is 1.92. The van der Waals surface area contributed by atoms with Crippen LogP contribution < -0.4 is 10.4 Å². The van der Waals surface area contributed by atoms with Crippen LogP contribution in [0.2, 0.25) is 0 Å². The van der Waals surface area contributed by atoms with Crippen molar-refractivity contribution in [2.24, 2.45) is 11.8 Å². The number of hydrogen-bond acceptors (Lipinski definition) is 6. The van der Waals surface area contributed by atoms with Crippen LogP contribution in [0, 0.1) is 11.8 Å². The summed E-state index contributed by atoms with van der Waals surface area (Å²) in [7, 11) is 0. The van der Waals surface area contributed by atoms with Crippen molar-refractivity contribution in [2.45, 2.75) is 45.6 Å². The van der Waals surface area contributed by atoms with E-state index in [2.05, 4.69) is 5.32 Å². The third kappa shape index (κ3) is 4.85. The Morgan fingerprint density at radius 3 is 2.38 bits per heavy atom. The van der Waals surface area contributed by atoms with Gasteiger partial charge in [0.2, 0.25) is 5.91 Å². The summed E-state index contributed by atoms with van der Waals surface area (Å²) in [6.45, 7) is 3.52. The van der Waals surface area contributed by atoms with E-state index in [0.29, 0.717) is 29.0 Å². The number of carboxylic acid groups (broad SMARTS) is 1. The van der Waals surface area contributed by atoms with Crippen molar-refractivity contribution in [3.8, 4) is 11.1 Å². The van der Waals surface area contributed by atoms with Crippen molar-refractivity contribution >= 4 is 34.2 Å². The van der Waals surface area contributed by atoms with Crippen LogP contribution in [-0.2, 0) is 14.3 Å². The molecule has 1 N–H and O–H groups in total. The van der Waals surface area contributed by atoms with Crippen LogP contribution in [0.4, 0.5) is 5.00 Å². The maximum absolute atomic E-state index is 12.9. The summed E-state index contributed by atoms with van der Waals surface area (Å²) in [5.74, 6) is -3.57. The van der Waals surface area contributed by atoms with E-state index in [1.165, 1.54) is 11.3 Å². The Morgan fingerprint density at radius 2 is 1.76 bits per heavy atom. The Morgan fingerprint density at radius 1 is 1.10 bits per heavy atom. The summed E-state index contributed by atoms with van der Waals surface area (Å²) < 4.78 is 5.40. The number of amides is 1. The molecule has 2 aromatic rings. The number of benzene rings is 1. The number of anilines is 1. The number of aliphatic carboxylic acids is 1. The first-order valence-electron chi connectivity index (χ1n) is 9.78. The summed E-state index contributed by atoms with van der Waals surface area (Å²) >= 11 is 1.23. The van der Waals surface area contributed by atoms with Gasteiger partial charge in [0.15, 0.2) is 0 Å². The van der Waals surface area contributed by atoms with E-state index in [1.54, 1.807) is 19.2 Å². The predicted molar refractivity (Wildman–Crippen MR) is 109 cm³/mol. The zero-order valence-corrected chi connectivity index (χ0v) is 17.3. The lowest BCUT2D eigenvalue weighted by atomic mass is 9.79. The van der Waals surface area contributed by atoms with Gasteiger partial charge in [-0.15, -0.1) is 11.3 Å². The molecule has 2 atom stereocenters. The lowest BCUT2D eigenvalue weighted by Gasteiger charge is -2.31. The zero-order chi connectivity index (χ0) is 21.0. The molecule has 1 aromatic carbocycles. The molecule has 6 nitrogen and oxygen atoms in total. The van der Waals surface area contributed by atoms with Crippen LogP contribution >= 0.6 is 11.3 Å². The third-order valence-electron chi connectivity index (χ3n) is 5.06. The molecule has 29 heavy (non-hydrogen) atoms. The number of rotatable bonds is 6. The minimum Gasteiger partial charge on any atom is -0.550 e. The van der Waals surface area contributed by atoms with Crippen molar-refractivity contribution in [1.82, 2.24) is 0 Å². The Kier molecular flexibility index (Phi) is 6.69. The number of ether oxygens (including phenoxy) is 1. The lowest BCUT2D eigenvalue weighted by Crippen LogP contribution is -2.42. The minimum atomic E-state index is -1.19. The van der Waals surface area contributed by atoms with Gasteiger partial charge in [-0.3, -0.25) is 4.79 Å². The van der Waals surface area contributed by atoms with Crippen LogP contribution in [0.1, 0.15) is 49.9 Å². The van der Waals surface area contributed by atoms with Crippen LogP contribution in [0.25, 0.3) is 11.1 Å². The predicted octanol–water partition coefficient (Wildman–Crippen LogP) is 3.48. The second-order valence-corrected chi connectivity index (χ2v) is 8.36. The van der Waals surface area contributed by atoms with E-state index >= 15 is 0 Å². The molecule has 2 unspecified atom stereocenters. The highest BCUT2D eigenvalue weighted by Gasteiger charge is 2.33. The molecule has 1 fully saturated rings. The average molecular weight is 415 g/mol. The summed E-state index contributed by atoms with van der Waals surface area (Å²) in [6, 6.07) is 9.39. The third-order valence-corrected chi connectivity index (χ3v) is 5.96. The molecule has 0 radical (unpaired) electrons. The standard InChI is InChI=1S/C22H25NO5S/c1-13(2)28-22(27)18-17(14-8-4-3-5-9-14)12-29-20(18)23-19(24)15-10-6-7-11-16(15)21(25)26/h3-5,8-9,12-13,15-16H,6-7,10-11H2,1-2H3,(H,23,24)(H,25,26)/p-1. The molecule has 154 valence electrons. The van der Waals surface area contributed by atoms with Crippen molar-refractivity contribution in [3.63, 3.8) is 0 Å². The van der Waals surface area contributed by atoms with Gasteiger partial charge >= 0.3 is 5.97 Å². The van der Waals surface area contributed by atoms with E-state index in [4.69, 9.17) is 4.74 Å². The Hall–Kier alpha value is -2.67. The molecule has 1 aliphatic carbocycles. The van der Waals surface area contributed by atoms with Gasteiger partial charge in [0, 0.05) is 28.7 Å². The number of carbonyl (C=O) groups excluding carboxylic acids is 3. The molecular weight excluding hydrogens is 390 g/mol. The first-order valence-corrected chi connectivity index (χ1v) is 10.7. The van der Waals surface area contributed by atoms with Crippen molar-refractivity contribution in [3.05, 3.63) is 41.3 Å². The Bertz CT molecular complexity index is 890. The van der Waals surface area contributed by atoms with E-state index in [-0.39, 0.29) is 12.0 Å². The van der Waals surface area contributed by atoms with Gasteiger partial charge in [-0.05, 0) is 32.3 Å². The van der Waals surface area contributed by atoms with Crippen molar-refractivity contribution < 1.29 is 24.2 Å². The topological polar surface area (TPSA) is 95.5 Å². The monoisotopic (exact) mass is 414 g/mol. The number of nitrogens with one attached hydrogen (secondary N) is 1. The highest BCUT2D eigenvalue weighted by atomic mass is 32.1. The number of carboxylic acids is 1. The second-order valence-electron chi connectivity index (χ2n) is 7.48. The molecule has 3 rings (SSSR count). The largest absolute Gasteiger partial charge is 0.550 e. The van der Waals surface area contributed by atoms with E-state index < -0.39 is 23.8 Å². The van der Waals surface area contributed by atoms with Gasteiger partial charge < -0.3 is 20.0 Å². The van der Waals surface area contributed by atoms with Crippen molar-refractivity contribution in [2.75, 3.05) is 5.32 Å². The molecule has 1 saturated carbocycles. The maximum Gasteiger partial charge on any atom is 0.342 e. The molecule has 1 aliphatic rings. The highest BCUT2D eigenvalue weighted by molar-refractivity contribution is 7.15. The number of esters is 1. The summed E-state index contributed by atoms with van der Waals surface area (Å²) in [4.78, 5) is 37.1. The van der Waals surface area contributed by atoms with Gasteiger partial charge in [0.05, 0.1) is 6.10 Å². The van der Waals surface area contributed by atoms with Crippen LogP contribution in [-0.4, -0.2) is 23.9 Å². The van der Waals surface area contributed by atoms with Crippen LogP contribution in [0.3, 0.4) is 0 Å². The molecular formula is C22H24NO5S-. The summed E-state index contributed by atoms with van der Waals surface area (Å²) in [6.07, 6.45) is 2.18. The fourth-order valence-corrected chi connectivity index (χ4v) is 4.65. The lowest BCUT2D eigenvalue weighted by molar-refractivity contribution is -0.313. The number of hydrogen-bond donors (Lipinski definition) is 1. The highest BCUT2D eigenvalue weighted by Crippen LogP contribution is 2.38. The molecule has 0 spiro atoms. The molecule has 1 amide bonds. The van der Waals surface area contributed by atoms with Gasteiger partial charge in [-0.1, -0.05) is 43.2 Å². The second kappa shape index (κ2) is 9.22. The van der Waals surface area contributed by atoms with Gasteiger partial charge in [-0.25, -0.2) is 4.79 Å². The fourth-order valence-electron chi connectivity index (χ4n) is 3.69. The fraction of sp³-hybridized carbons (Fsp3) is 0.409. The molecule has 0 aliphatic heterocycles. The SMILES string of the molecule is CC(C)OC(=O)c1c(-c2ccccc2)csc1NC(=O)C1CCCCC1C(=O)[O-]. The number of carbonyl (C=O) groups is 3. The van der Waals surface area contributed by atoms with Crippen LogP contribution in [0.15, 0.2) is 35.7 Å². The van der Waals surface area contributed by atoms with E-state index in [0.717, 1.165) is 18.4 Å². The summed E-state index contributed by atoms with van der Waals surface area (Å²) in [5.41, 5.74) is 1.81. The zero-order valence-electron chi connectivity index (χ0n) is 16.5. The first kappa shape index (κ1) is 21.0.